The van der Waals surface area contributed by atoms with Gasteiger partial charge in [-0.25, -0.2) is 0 Å². The average Bonchev–Trinajstić information content (AvgIpc) is 3.24. The molecule has 0 unspecified atom stereocenters. The van der Waals surface area contributed by atoms with E-state index in [-0.39, 0.29) is 11.7 Å². The molecule has 0 saturated heterocycles. The smallest absolute Gasteiger partial charge is 0.277 e. The topological polar surface area (TPSA) is 86.5 Å². The first-order valence-electron chi connectivity index (χ1n) is 9.59. The van der Waals surface area contributed by atoms with Crippen LogP contribution in [0.1, 0.15) is 11.5 Å². The number of methoxy groups -OCH3 is 2. The molecule has 0 aliphatic heterocycles. The third kappa shape index (κ3) is 5.16. The Morgan fingerprint density at radius 1 is 0.968 bits per heavy atom. The monoisotopic (exact) mass is 435 g/mol. The Balaban J connectivity index is 1.33. The van der Waals surface area contributed by atoms with E-state index in [2.05, 4.69) is 15.5 Å². The van der Waals surface area contributed by atoms with Crippen LogP contribution in [0.5, 0.6) is 11.5 Å². The number of amides is 1. The molecule has 0 bridgehead atoms. The lowest BCUT2D eigenvalue weighted by atomic mass is 10.1. The molecule has 1 aromatic heterocycles. The number of hydrogen-bond donors (Lipinski definition) is 1. The zero-order chi connectivity index (χ0) is 21.6. The molecule has 0 spiro atoms. The number of rotatable bonds is 8. The second-order valence-electron chi connectivity index (χ2n) is 6.73. The molecule has 1 heterocycles. The highest BCUT2D eigenvalue weighted by molar-refractivity contribution is 7.99. The SMILES string of the molecule is COc1ccc(Cc2nnc(SCC(=O)Nc3ccc4ccccc4c3)o2)cc1OC. The van der Waals surface area contributed by atoms with Crippen LogP contribution in [0, 0.1) is 0 Å². The summed E-state index contributed by atoms with van der Waals surface area (Å²) in [5.41, 5.74) is 1.70. The minimum absolute atomic E-state index is 0.139. The number of hydrogen-bond acceptors (Lipinski definition) is 7. The molecule has 0 radical (unpaired) electrons. The lowest BCUT2D eigenvalue weighted by Crippen LogP contribution is -2.13. The highest BCUT2D eigenvalue weighted by atomic mass is 32.2. The van der Waals surface area contributed by atoms with Gasteiger partial charge in [-0.3, -0.25) is 4.79 Å². The van der Waals surface area contributed by atoms with Crippen molar-refractivity contribution in [3.05, 3.63) is 72.1 Å². The Hall–Kier alpha value is -3.52. The first kappa shape index (κ1) is 20.7. The van der Waals surface area contributed by atoms with Crippen LogP contribution in [-0.4, -0.2) is 36.1 Å². The molecular weight excluding hydrogens is 414 g/mol. The summed E-state index contributed by atoms with van der Waals surface area (Å²) in [4.78, 5) is 12.3. The number of carbonyl (C=O) groups excluding carboxylic acids is 1. The average molecular weight is 436 g/mol. The molecule has 4 rings (SSSR count). The maximum atomic E-state index is 12.3. The van der Waals surface area contributed by atoms with Gasteiger partial charge in [0.1, 0.15) is 0 Å². The number of carbonyl (C=O) groups is 1. The van der Waals surface area contributed by atoms with E-state index in [9.17, 15) is 4.79 Å². The van der Waals surface area contributed by atoms with Gasteiger partial charge in [0.15, 0.2) is 11.5 Å². The minimum atomic E-state index is -0.139. The molecule has 8 heteroatoms. The summed E-state index contributed by atoms with van der Waals surface area (Å²) in [7, 11) is 3.18. The van der Waals surface area contributed by atoms with Crippen LogP contribution in [0.25, 0.3) is 10.8 Å². The second-order valence-corrected chi connectivity index (χ2v) is 7.65. The highest BCUT2D eigenvalue weighted by Crippen LogP contribution is 2.28. The number of thioether (sulfide) groups is 1. The third-order valence-electron chi connectivity index (χ3n) is 4.61. The van der Waals surface area contributed by atoms with Crippen LogP contribution in [0.2, 0.25) is 0 Å². The van der Waals surface area contributed by atoms with Gasteiger partial charge >= 0.3 is 0 Å². The highest BCUT2D eigenvalue weighted by Gasteiger charge is 2.12. The Bertz CT molecular complexity index is 1210. The lowest BCUT2D eigenvalue weighted by molar-refractivity contribution is -0.113. The maximum absolute atomic E-state index is 12.3. The Kier molecular flexibility index (Phi) is 6.37. The van der Waals surface area contributed by atoms with Gasteiger partial charge in [0.25, 0.3) is 5.22 Å². The van der Waals surface area contributed by atoms with Crippen LogP contribution in [-0.2, 0) is 11.2 Å². The van der Waals surface area contributed by atoms with Crippen molar-refractivity contribution >= 4 is 34.1 Å². The third-order valence-corrected chi connectivity index (χ3v) is 5.43. The molecule has 31 heavy (non-hydrogen) atoms. The Morgan fingerprint density at radius 3 is 2.58 bits per heavy atom. The number of benzene rings is 3. The molecule has 0 aliphatic rings. The number of anilines is 1. The second kappa shape index (κ2) is 9.53. The molecule has 0 atom stereocenters. The summed E-state index contributed by atoms with van der Waals surface area (Å²) in [6, 6.07) is 19.4. The Labute approximate surface area is 183 Å². The molecule has 0 saturated carbocycles. The van der Waals surface area contributed by atoms with Gasteiger partial charge in [0.05, 0.1) is 26.4 Å². The molecule has 3 aromatic carbocycles. The molecule has 1 amide bonds. The minimum Gasteiger partial charge on any atom is -0.493 e. The molecule has 0 aliphatic carbocycles. The molecule has 7 nitrogen and oxygen atoms in total. The molecule has 158 valence electrons. The van der Waals surface area contributed by atoms with E-state index in [0.717, 1.165) is 22.0 Å². The van der Waals surface area contributed by atoms with Crippen LogP contribution in [0.3, 0.4) is 0 Å². The van der Waals surface area contributed by atoms with Crippen molar-refractivity contribution in [2.45, 2.75) is 11.6 Å². The standard InChI is InChI=1S/C23H21N3O4S/c1-28-19-10-7-15(11-20(19)29-2)12-22-25-26-23(30-22)31-14-21(27)24-18-9-8-16-5-3-4-6-17(16)13-18/h3-11,13H,12,14H2,1-2H3,(H,24,27). The molecule has 4 aromatic rings. The summed E-state index contributed by atoms with van der Waals surface area (Å²) < 4.78 is 16.2. The summed E-state index contributed by atoms with van der Waals surface area (Å²) >= 11 is 1.20. The van der Waals surface area contributed by atoms with Gasteiger partial charge < -0.3 is 19.2 Å². The van der Waals surface area contributed by atoms with Crippen LogP contribution in [0.4, 0.5) is 5.69 Å². The predicted octanol–water partition coefficient (Wildman–Crippen LogP) is 4.56. The fourth-order valence-corrected chi connectivity index (χ4v) is 3.71. The number of ether oxygens (including phenoxy) is 2. The largest absolute Gasteiger partial charge is 0.493 e. The van der Waals surface area contributed by atoms with Crippen LogP contribution in [0.15, 0.2) is 70.3 Å². The molecular formula is C23H21N3O4S. The number of nitrogens with one attached hydrogen (secondary N) is 1. The first-order valence-corrected chi connectivity index (χ1v) is 10.6. The van der Waals surface area contributed by atoms with E-state index in [4.69, 9.17) is 13.9 Å². The summed E-state index contributed by atoms with van der Waals surface area (Å²) in [6.45, 7) is 0. The van der Waals surface area contributed by atoms with Crippen LogP contribution < -0.4 is 14.8 Å². The Morgan fingerprint density at radius 2 is 1.77 bits per heavy atom. The zero-order valence-corrected chi connectivity index (χ0v) is 17.9. The van der Waals surface area contributed by atoms with Crippen molar-refractivity contribution < 1.29 is 18.7 Å². The molecule has 1 N–H and O–H groups in total. The van der Waals surface area contributed by atoms with Gasteiger partial charge in [0.2, 0.25) is 11.8 Å². The summed E-state index contributed by atoms with van der Waals surface area (Å²) in [5, 5.41) is 13.5. The van der Waals surface area contributed by atoms with Crippen molar-refractivity contribution in [2.24, 2.45) is 0 Å². The van der Waals surface area contributed by atoms with Gasteiger partial charge in [-0.1, -0.05) is 48.2 Å². The van der Waals surface area contributed by atoms with E-state index in [1.165, 1.54) is 11.8 Å². The van der Waals surface area contributed by atoms with E-state index in [1.807, 2.05) is 60.7 Å². The van der Waals surface area contributed by atoms with Crippen LogP contribution >= 0.6 is 11.8 Å². The van der Waals surface area contributed by atoms with E-state index < -0.39 is 0 Å². The van der Waals surface area contributed by atoms with Crippen molar-refractivity contribution in [3.8, 4) is 11.5 Å². The fraction of sp³-hybridized carbons (Fsp3) is 0.174. The van der Waals surface area contributed by atoms with Gasteiger partial charge in [-0.2, -0.15) is 0 Å². The number of fused-ring (bicyclic) bond motifs is 1. The van der Waals surface area contributed by atoms with Gasteiger partial charge in [0, 0.05) is 5.69 Å². The first-order chi connectivity index (χ1) is 15.1. The normalized spacial score (nSPS) is 10.8. The van der Waals surface area contributed by atoms with Gasteiger partial charge in [-0.15, -0.1) is 10.2 Å². The predicted molar refractivity (Wildman–Crippen MR) is 120 cm³/mol. The van der Waals surface area contributed by atoms with E-state index >= 15 is 0 Å². The maximum Gasteiger partial charge on any atom is 0.277 e. The van der Waals surface area contributed by atoms with Crippen molar-refractivity contribution in [2.75, 3.05) is 25.3 Å². The zero-order valence-electron chi connectivity index (χ0n) is 17.1. The molecule has 0 fully saturated rings. The summed E-state index contributed by atoms with van der Waals surface area (Å²) in [5.74, 6) is 1.79. The number of aromatic nitrogens is 2. The summed E-state index contributed by atoms with van der Waals surface area (Å²) in [6.07, 6.45) is 0.456. The quantitative estimate of drug-likeness (QED) is 0.406. The fourth-order valence-electron chi connectivity index (χ4n) is 3.12. The van der Waals surface area contributed by atoms with Crippen molar-refractivity contribution in [1.82, 2.24) is 10.2 Å². The van der Waals surface area contributed by atoms with Crippen molar-refractivity contribution in [1.29, 1.82) is 0 Å². The van der Waals surface area contributed by atoms with Crippen molar-refractivity contribution in [3.63, 3.8) is 0 Å². The van der Waals surface area contributed by atoms with E-state index in [1.54, 1.807) is 14.2 Å². The van der Waals surface area contributed by atoms with E-state index in [0.29, 0.717) is 29.0 Å². The van der Waals surface area contributed by atoms with Gasteiger partial charge in [-0.05, 0) is 40.6 Å². The lowest BCUT2D eigenvalue weighted by Gasteiger charge is -2.08. The number of nitrogens with zero attached hydrogens (tertiary/aromatic N) is 2.